The summed E-state index contributed by atoms with van der Waals surface area (Å²) in [6, 6.07) is 4.64. The molecule has 1 aromatic heterocycles. The Bertz CT molecular complexity index is 677. The lowest BCUT2D eigenvalue weighted by Crippen LogP contribution is -2.07. The number of carbonyl (C=O) groups is 1. The van der Waals surface area contributed by atoms with Crippen molar-refractivity contribution in [2.45, 2.75) is 20.0 Å². The summed E-state index contributed by atoms with van der Waals surface area (Å²) in [4.78, 5) is 10.9. The molecule has 0 spiro atoms. The maximum atomic E-state index is 10.9. The molecule has 0 fully saturated rings. The largest absolute Gasteiger partial charge is 0.496 e. The SMILES string of the molecule is COc1cc(-c2cc(C(=O)O)no2)c(OC)cc1OC(C)C. The molecule has 0 amide bonds. The number of nitrogens with zero attached hydrogens (tertiary/aromatic N) is 1. The number of aromatic carboxylic acids is 1. The number of carboxylic acid groups (broad SMARTS) is 1. The van der Waals surface area contributed by atoms with E-state index in [4.69, 9.17) is 23.8 Å². The number of hydrogen-bond donors (Lipinski definition) is 1. The Kier molecular flexibility index (Phi) is 4.55. The third-order valence-electron chi connectivity index (χ3n) is 2.84. The summed E-state index contributed by atoms with van der Waals surface area (Å²) < 4.78 is 21.4. The van der Waals surface area contributed by atoms with Crippen molar-refractivity contribution < 1.29 is 28.6 Å². The van der Waals surface area contributed by atoms with Crippen molar-refractivity contribution in [3.05, 3.63) is 23.9 Å². The molecule has 2 aromatic rings. The van der Waals surface area contributed by atoms with Crippen molar-refractivity contribution in [1.29, 1.82) is 0 Å². The molecule has 0 aliphatic heterocycles. The fraction of sp³-hybridized carbons (Fsp3) is 0.333. The molecule has 0 saturated heterocycles. The zero-order chi connectivity index (χ0) is 16.3. The van der Waals surface area contributed by atoms with Crippen LogP contribution >= 0.6 is 0 Å². The van der Waals surface area contributed by atoms with Crippen LogP contribution < -0.4 is 14.2 Å². The summed E-state index contributed by atoms with van der Waals surface area (Å²) >= 11 is 0. The average Bonchev–Trinajstić information content (AvgIpc) is 2.96. The van der Waals surface area contributed by atoms with Crippen molar-refractivity contribution in [1.82, 2.24) is 5.16 Å². The highest BCUT2D eigenvalue weighted by molar-refractivity contribution is 5.87. The van der Waals surface area contributed by atoms with E-state index in [1.807, 2.05) is 13.8 Å². The highest BCUT2D eigenvalue weighted by atomic mass is 16.5. The number of carboxylic acids is 1. The normalized spacial score (nSPS) is 10.6. The van der Waals surface area contributed by atoms with E-state index in [0.29, 0.717) is 22.8 Å². The van der Waals surface area contributed by atoms with Gasteiger partial charge in [0.05, 0.1) is 25.9 Å². The van der Waals surface area contributed by atoms with Crippen molar-refractivity contribution in [3.63, 3.8) is 0 Å². The summed E-state index contributed by atoms with van der Waals surface area (Å²) in [6.07, 6.45) is -0.0339. The maximum absolute atomic E-state index is 10.9. The van der Waals surface area contributed by atoms with Crippen molar-refractivity contribution in [3.8, 4) is 28.6 Å². The minimum absolute atomic E-state index is 0.0339. The Morgan fingerprint density at radius 1 is 1.14 bits per heavy atom. The fourth-order valence-corrected chi connectivity index (χ4v) is 1.91. The second-order valence-electron chi connectivity index (χ2n) is 4.75. The van der Waals surface area contributed by atoms with Gasteiger partial charge in [-0.2, -0.15) is 0 Å². The number of methoxy groups -OCH3 is 2. The first-order chi connectivity index (χ1) is 10.5. The number of hydrogen-bond acceptors (Lipinski definition) is 6. The predicted octanol–water partition coefficient (Wildman–Crippen LogP) is 2.84. The van der Waals surface area contributed by atoms with Gasteiger partial charge in [-0.15, -0.1) is 0 Å². The van der Waals surface area contributed by atoms with Crippen molar-refractivity contribution in [2.75, 3.05) is 14.2 Å². The van der Waals surface area contributed by atoms with Gasteiger partial charge in [-0.25, -0.2) is 4.79 Å². The zero-order valence-corrected chi connectivity index (χ0v) is 12.7. The molecule has 7 heteroatoms. The van der Waals surface area contributed by atoms with Gasteiger partial charge in [0.2, 0.25) is 0 Å². The fourth-order valence-electron chi connectivity index (χ4n) is 1.91. The van der Waals surface area contributed by atoms with Crippen LogP contribution in [0.15, 0.2) is 22.7 Å². The molecule has 1 aromatic carbocycles. The molecule has 0 aliphatic carbocycles. The molecule has 7 nitrogen and oxygen atoms in total. The number of rotatable bonds is 6. The third kappa shape index (κ3) is 3.13. The van der Waals surface area contributed by atoms with Crippen LogP contribution in [0, 0.1) is 0 Å². The molecule has 22 heavy (non-hydrogen) atoms. The van der Waals surface area contributed by atoms with Crippen LogP contribution in [0.4, 0.5) is 0 Å². The van der Waals surface area contributed by atoms with Gasteiger partial charge in [0.25, 0.3) is 0 Å². The second-order valence-corrected chi connectivity index (χ2v) is 4.75. The van der Waals surface area contributed by atoms with Gasteiger partial charge in [0.15, 0.2) is 23.0 Å². The minimum Gasteiger partial charge on any atom is -0.496 e. The Labute approximate surface area is 127 Å². The third-order valence-corrected chi connectivity index (χ3v) is 2.84. The van der Waals surface area contributed by atoms with E-state index < -0.39 is 5.97 Å². The molecule has 0 saturated carbocycles. The zero-order valence-electron chi connectivity index (χ0n) is 12.7. The molecular weight excluding hydrogens is 290 g/mol. The summed E-state index contributed by atoms with van der Waals surface area (Å²) in [7, 11) is 3.01. The first-order valence-corrected chi connectivity index (χ1v) is 6.59. The lowest BCUT2D eigenvalue weighted by atomic mass is 10.1. The van der Waals surface area contributed by atoms with Gasteiger partial charge in [0, 0.05) is 12.1 Å². The van der Waals surface area contributed by atoms with E-state index in [0.717, 1.165) is 0 Å². The summed E-state index contributed by atoms with van der Waals surface area (Å²) in [5.41, 5.74) is 0.342. The van der Waals surface area contributed by atoms with E-state index in [-0.39, 0.29) is 17.6 Å². The standard InChI is InChI=1S/C15H17NO6/c1-8(2)21-14-7-11(19-3)9(5-13(14)20-4)12-6-10(15(17)18)16-22-12/h5-8H,1-4H3,(H,17,18). The Balaban J connectivity index is 2.52. The Morgan fingerprint density at radius 2 is 1.82 bits per heavy atom. The topological polar surface area (TPSA) is 91.0 Å². The molecule has 1 N–H and O–H groups in total. The second kappa shape index (κ2) is 6.38. The lowest BCUT2D eigenvalue weighted by Gasteiger charge is -2.16. The van der Waals surface area contributed by atoms with Gasteiger partial charge in [-0.1, -0.05) is 5.16 Å². The van der Waals surface area contributed by atoms with E-state index in [2.05, 4.69) is 5.16 Å². The van der Waals surface area contributed by atoms with Crippen LogP contribution in [0.2, 0.25) is 0 Å². The molecular formula is C15H17NO6. The van der Waals surface area contributed by atoms with Crippen molar-refractivity contribution >= 4 is 5.97 Å². The van der Waals surface area contributed by atoms with E-state index in [1.54, 1.807) is 12.1 Å². The summed E-state index contributed by atoms with van der Waals surface area (Å²) in [5, 5.41) is 12.4. The molecule has 0 bridgehead atoms. The summed E-state index contributed by atoms with van der Waals surface area (Å²) in [5.74, 6) is 0.572. The first-order valence-electron chi connectivity index (χ1n) is 6.59. The average molecular weight is 307 g/mol. The Hall–Kier alpha value is -2.70. The molecule has 0 unspecified atom stereocenters. The van der Waals surface area contributed by atoms with E-state index >= 15 is 0 Å². The van der Waals surface area contributed by atoms with Crippen molar-refractivity contribution in [2.24, 2.45) is 0 Å². The quantitative estimate of drug-likeness (QED) is 0.877. The summed E-state index contributed by atoms with van der Waals surface area (Å²) in [6.45, 7) is 3.80. The number of ether oxygens (including phenoxy) is 3. The van der Waals surface area contributed by atoms with E-state index in [9.17, 15) is 4.79 Å². The van der Waals surface area contributed by atoms with Gasteiger partial charge >= 0.3 is 5.97 Å². The number of aromatic nitrogens is 1. The Morgan fingerprint density at radius 3 is 2.32 bits per heavy atom. The molecule has 0 radical (unpaired) electrons. The molecule has 0 aliphatic rings. The highest BCUT2D eigenvalue weighted by Gasteiger charge is 2.19. The highest BCUT2D eigenvalue weighted by Crippen LogP contribution is 2.40. The van der Waals surface area contributed by atoms with Gasteiger partial charge in [0.1, 0.15) is 5.75 Å². The van der Waals surface area contributed by atoms with Crippen LogP contribution in [0.25, 0.3) is 11.3 Å². The monoisotopic (exact) mass is 307 g/mol. The smallest absolute Gasteiger partial charge is 0.358 e. The lowest BCUT2D eigenvalue weighted by molar-refractivity contribution is 0.0686. The van der Waals surface area contributed by atoms with Gasteiger partial charge < -0.3 is 23.8 Å². The van der Waals surface area contributed by atoms with Gasteiger partial charge in [-0.05, 0) is 19.9 Å². The van der Waals surface area contributed by atoms with Crippen LogP contribution in [-0.4, -0.2) is 36.6 Å². The van der Waals surface area contributed by atoms with E-state index in [1.165, 1.54) is 20.3 Å². The maximum Gasteiger partial charge on any atom is 0.358 e. The van der Waals surface area contributed by atoms with Crippen LogP contribution in [0.1, 0.15) is 24.3 Å². The molecule has 2 rings (SSSR count). The van der Waals surface area contributed by atoms with Gasteiger partial charge in [-0.3, -0.25) is 0 Å². The molecule has 1 heterocycles. The number of benzene rings is 1. The van der Waals surface area contributed by atoms with Crippen LogP contribution in [0.3, 0.4) is 0 Å². The predicted molar refractivity (Wildman–Crippen MR) is 77.8 cm³/mol. The molecule has 0 atom stereocenters. The minimum atomic E-state index is -1.17. The van der Waals surface area contributed by atoms with Crippen LogP contribution in [-0.2, 0) is 0 Å². The van der Waals surface area contributed by atoms with Crippen LogP contribution in [0.5, 0.6) is 17.2 Å². The first kappa shape index (κ1) is 15.7. The molecule has 118 valence electrons.